The lowest BCUT2D eigenvalue weighted by atomic mass is 9.33. The van der Waals surface area contributed by atoms with E-state index in [9.17, 15) is 0 Å². The Kier molecular flexibility index (Phi) is 15.5. The third-order valence-corrected chi connectivity index (χ3v) is 23.0. The number of rotatable bonds is 11. The van der Waals surface area contributed by atoms with Crippen LogP contribution in [0.4, 0.5) is 34.1 Å². The zero-order valence-electron chi connectivity index (χ0n) is 62.1. The molecule has 109 heavy (non-hydrogen) atoms. The Morgan fingerprint density at radius 3 is 0.844 bits per heavy atom. The Hall–Kier alpha value is -13.2. The van der Waals surface area contributed by atoms with Crippen LogP contribution < -0.4 is 26.2 Å². The van der Waals surface area contributed by atoms with Gasteiger partial charge in [-0.05, 0) is 191 Å². The van der Waals surface area contributed by atoms with Crippen molar-refractivity contribution in [3.8, 4) is 89.3 Å². The molecular formula is C104H79BN4. The summed E-state index contributed by atoms with van der Waals surface area (Å²) in [5, 5.41) is 4.84. The summed E-state index contributed by atoms with van der Waals surface area (Å²) in [5.74, 6) is 0. The Bertz CT molecular complexity index is 6090. The summed E-state index contributed by atoms with van der Waals surface area (Å²) in [5.41, 5.74) is 35.4. The number of hydrogen-bond donors (Lipinski definition) is 0. The summed E-state index contributed by atoms with van der Waals surface area (Å²) in [6.07, 6.45) is 0. The van der Waals surface area contributed by atoms with Crippen LogP contribution in [-0.4, -0.2) is 15.8 Å². The number of nitrogens with zero attached hydrogens (tertiary/aromatic N) is 4. The van der Waals surface area contributed by atoms with Crippen molar-refractivity contribution in [3.05, 3.63) is 381 Å². The van der Waals surface area contributed by atoms with Crippen molar-refractivity contribution in [1.82, 2.24) is 9.13 Å². The lowest BCUT2D eigenvalue weighted by Crippen LogP contribution is -2.61. The van der Waals surface area contributed by atoms with Crippen LogP contribution in [0.2, 0.25) is 0 Å². The van der Waals surface area contributed by atoms with Gasteiger partial charge in [0.15, 0.2) is 0 Å². The molecule has 0 radical (unpaired) electrons. The highest BCUT2D eigenvalue weighted by atomic mass is 15.2. The number of aromatic nitrogens is 2. The Morgan fingerprint density at radius 2 is 0.514 bits per heavy atom. The van der Waals surface area contributed by atoms with Gasteiger partial charge in [-0.2, -0.15) is 0 Å². The van der Waals surface area contributed by atoms with E-state index in [1.165, 1.54) is 71.3 Å². The molecule has 518 valence electrons. The topological polar surface area (TPSA) is 16.3 Å². The first-order valence-electron chi connectivity index (χ1n) is 38.2. The van der Waals surface area contributed by atoms with E-state index >= 15 is 0 Å². The molecule has 2 aliphatic rings. The van der Waals surface area contributed by atoms with Gasteiger partial charge in [-0.25, -0.2) is 0 Å². The van der Waals surface area contributed by atoms with Gasteiger partial charge in [0.05, 0.1) is 33.4 Å². The van der Waals surface area contributed by atoms with E-state index in [4.69, 9.17) is 0 Å². The minimum atomic E-state index is -0.281. The third kappa shape index (κ3) is 11.0. The maximum Gasteiger partial charge on any atom is 0.252 e. The molecule has 18 aromatic rings. The summed E-state index contributed by atoms with van der Waals surface area (Å²) in [7, 11) is 0. The van der Waals surface area contributed by atoms with Gasteiger partial charge < -0.3 is 18.9 Å². The zero-order valence-corrected chi connectivity index (χ0v) is 62.1. The summed E-state index contributed by atoms with van der Waals surface area (Å²) in [6, 6.07) is 140. The molecule has 0 saturated heterocycles. The maximum atomic E-state index is 2.72. The monoisotopic (exact) mass is 1390 g/mol. The van der Waals surface area contributed by atoms with Gasteiger partial charge >= 0.3 is 0 Å². The molecule has 0 saturated carbocycles. The fourth-order valence-corrected chi connectivity index (χ4v) is 17.6. The molecular weight excluding hydrogens is 1320 g/mol. The van der Waals surface area contributed by atoms with Gasteiger partial charge in [-0.3, -0.25) is 0 Å². The van der Waals surface area contributed by atoms with Gasteiger partial charge in [0.25, 0.3) is 6.71 Å². The Labute approximate surface area is 638 Å². The fourth-order valence-electron chi connectivity index (χ4n) is 17.6. The van der Waals surface area contributed by atoms with Crippen LogP contribution in [0, 0.1) is 0 Å². The molecule has 0 unspecified atom stereocenters. The maximum absolute atomic E-state index is 2.72. The van der Waals surface area contributed by atoms with Crippen LogP contribution in [0.25, 0.3) is 133 Å². The van der Waals surface area contributed by atoms with E-state index in [0.717, 1.165) is 123 Å². The standard InChI is InChI=1S/C104H79BN4/c1-103(2,3)78-62-84(71-38-20-10-21-39-71)101(85(63-78)72-40-22-11-23-41-72)108-96-66-80(106-92-48-30-28-46-82(92)88-58-75(50-56-94(88)106)68-32-14-7-15-33-68)52-54-90(96)105-91-55-53-81(107-93-49-31-29-47-83(93)89-59-76(51-57-95(89)107)69-34-16-8-17-35-69)67-97(91)109(99-61-77(60-98(108)100(99)105)70-36-18-9-19-37-70)102-86(73-42-24-12-25-43-73)64-79(104(4,5)6)65-87(102)74-44-26-13-27-45-74/h7-67H,1-6H3. The molecule has 0 amide bonds. The normalized spacial score (nSPS) is 12.6. The van der Waals surface area contributed by atoms with Crippen molar-refractivity contribution in [2.45, 2.75) is 52.4 Å². The molecule has 4 heterocycles. The van der Waals surface area contributed by atoms with Gasteiger partial charge in [-0.1, -0.05) is 315 Å². The van der Waals surface area contributed by atoms with Crippen molar-refractivity contribution in [2.75, 3.05) is 9.80 Å². The number of benzene rings is 16. The lowest BCUT2D eigenvalue weighted by Gasteiger charge is -2.46. The molecule has 2 aromatic heterocycles. The van der Waals surface area contributed by atoms with Crippen LogP contribution in [-0.2, 0) is 10.8 Å². The fraction of sp³-hybridized carbons (Fsp3) is 0.0769. The molecule has 16 aromatic carbocycles. The van der Waals surface area contributed by atoms with Crippen LogP contribution in [0.3, 0.4) is 0 Å². The van der Waals surface area contributed by atoms with Crippen LogP contribution in [0.15, 0.2) is 370 Å². The number of hydrogen-bond acceptors (Lipinski definition) is 2. The summed E-state index contributed by atoms with van der Waals surface area (Å²) < 4.78 is 5.04. The van der Waals surface area contributed by atoms with Gasteiger partial charge in [-0.15, -0.1) is 0 Å². The Morgan fingerprint density at radius 1 is 0.220 bits per heavy atom. The van der Waals surface area contributed by atoms with E-state index in [1.54, 1.807) is 0 Å². The van der Waals surface area contributed by atoms with E-state index in [1.807, 2.05) is 0 Å². The number of fused-ring (bicyclic) bond motifs is 10. The van der Waals surface area contributed by atoms with E-state index in [-0.39, 0.29) is 17.5 Å². The first kappa shape index (κ1) is 65.3. The minimum Gasteiger partial charge on any atom is -0.310 e. The lowest BCUT2D eigenvalue weighted by molar-refractivity contribution is 0.590. The van der Waals surface area contributed by atoms with Gasteiger partial charge in [0.2, 0.25) is 0 Å². The van der Waals surface area contributed by atoms with Crippen molar-refractivity contribution in [2.24, 2.45) is 0 Å². The first-order valence-corrected chi connectivity index (χ1v) is 38.2. The first-order chi connectivity index (χ1) is 53.4. The molecule has 20 rings (SSSR count). The number of para-hydroxylation sites is 2. The predicted octanol–water partition coefficient (Wildman–Crippen LogP) is 26.2. The van der Waals surface area contributed by atoms with Crippen LogP contribution >= 0.6 is 0 Å². The molecule has 0 fully saturated rings. The molecule has 2 aliphatic heterocycles. The van der Waals surface area contributed by atoms with E-state index < -0.39 is 0 Å². The second-order valence-corrected chi connectivity index (χ2v) is 31.6. The van der Waals surface area contributed by atoms with E-state index in [2.05, 4.69) is 431 Å². The summed E-state index contributed by atoms with van der Waals surface area (Å²) in [6.45, 7) is 13.9. The quantitative estimate of drug-likeness (QED) is 0.120. The van der Waals surface area contributed by atoms with Crippen molar-refractivity contribution < 1.29 is 0 Å². The Balaban J connectivity index is 0.958. The molecule has 4 nitrogen and oxygen atoms in total. The molecule has 0 aliphatic carbocycles. The zero-order chi connectivity index (χ0) is 73.2. The largest absolute Gasteiger partial charge is 0.310 e. The highest BCUT2D eigenvalue weighted by molar-refractivity contribution is 7.00. The SMILES string of the molecule is CC(C)(C)c1cc(-c2ccccc2)c(N2c3cc(-n4c5ccccc5c5cc(-c6ccccc6)ccc54)ccc3B3c4ccc(-n5c6ccccc6c6cc(-c7ccccc7)ccc65)cc4N(c4c(-c5ccccc5)cc(C(C)(C)C)cc4-c4ccccc4)c4cc(-c5ccccc5)cc2c43)c(-c2ccccc2)c1. The smallest absolute Gasteiger partial charge is 0.252 e. The van der Waals surface area contributed by atoms with Gasteiger partial charge in [0, 0.05) is 77.9 Å². The third-order valence-electron chi connectivity index (χ3n) is 23.0. The minimum absolute atomic E-state index is 0.212. The summed E-state index contributed by atoms with van der Waals surface area (Å²) >= 11 is 0. The highest BCUT2D eigenvalue weighted by Gasteiger charge is 2.46. The molecule has 0 atom stereocenters. The van der Waals surface area contributed by atoms with Crippen LogP contribution in [0.1, 0.15) is 52.7 Å². The molecule has 0 N–H and O–H groups in total. The average molecular weight is 1400 g/mol. The second kappa shape index (κ2) is 25.8. The van der Waals surface area contributed by atoms with Gasteiger partial charge in [0.1, 0.15) is 0 Å². The molecule has 5 heteroatoms. The van der Waals surface area contributed by atoms with Crippen molar-refractivity contribution >= 4 is 101 Å². The average Bonchev–Trinajstić information content (AvgIpc) is 1.23. The van der Waals surface area contributed by atoms with Crippen molar-refractivity contribution in [3.63, 3.8) is 0 Å². The molecule has 0 bridgehead atoms. The summed E-state index contributed by atoms with van der Waals surface area (Å²) in [4.78, 5) is 5.44. The highest BCUT2D eigenvalue weighted by Crippen LogP contribution is 2.56. The molecule has 0 spiro atoms. The second-order valence-electron chi connectivity index (χ2n) is 31.6. The van der Waals surface area contributed by atoms with Crippen molar-refractivity contribution in [1.29, 1.82) is 0 Å². The van der Waals surface area contributed by atoms with E-state index in [0.29, 0.717) is 0 Å². The predicted molar refractivity (Wildman–Crippen MR) is 465 cm³/mol. The number of anilines is 6. The van der Waals surface area contributed by atoms with Crippen LogP contribution in [0.5, 0.6) is 0 Å².